The first kappa shape index (κ1) is 33.4. The minimum atomic E-state index is -0.662. The number of fused-ring (bicyclic) bond motifs is 6. The molecule has 6 aromatic carbocycles. The summed E-state index contributed by atoms with van der Waals surface area (Å²) in [6, 6.07) is 49.8. The van der Waals surface area contributed by atoms with Crippen LogP contribution in [0.2, 0.25) is 0 Å². The van der Waals surface area contributed by atoms with Crippen LogP contribution in [-0.2, 0) is 21.1 Å². The minimum Gasteiger partial charge on any atom is -0.455 e. The van der Waals surface area contributed by atoms with Gasteiger partial charge >= 0.3 is 21.1 Å². The van der Waals surface area contributed by atoms with Gasteiger partial charge in [0.15, 0.2) is 11.2 Å². The van der Waals surface area contributed by atoms with Gasteiger partial charge in [-0.15, -0.1) is 59.7 Å². The number of hydrogen-bond donors (Lipinski definition) is 0. The van der Waals surface area contributed by atoms with E-state index in [0.717, 1.165) is 49.9 Å². The summed E-state index contributed by atoms with van der Waals surface area (Å²) in [6.45, 7) is 0. The topological polar surface area (TPSA) is 55.3 Å². The average Bonchev–Trinajstić information content (AvgIpc) is 3.76. The van der Waals surface area contributed by atoms with Crippen LogP contribution in [0.15, 0.2) is 161 Å². The molecule has 0 aliphatic rings. The number of rotatable bonds is 6. The molecule has 0 atom stereocenters. The molecule has 8 heteroatoms. The van der Waals surface area contributed by atoms with Crippen LogP contribution < -0.4 is 4.90 Å². The van der Waals surface area contributed by atoms with Crippen molar-refractivity contribution in [3.05, 3.63) is 176 Å². The smallest absolute Gasteiger partial charge is 0.455 e. The zero-order chi connectivity index (χ0) is 35.5. The molecule has 0 aliphatic carbocycles. The molecule has 0 saturated carbocycles. The Morgan fingerprint density at radius 2 is 0.981 bits per heavy atom. The molecule has 0 amide bonds. The standard InChI is InChI=1S/C46H25F2N3O2.Pt/c47-31-19-30(20-32(48)23-31)35-13-1-4-16-42(35)51(33-11-7-9-28(21-33)40-24-38-36-14-2-5-17-43(36)52-45(38)26-49-40)34-12-8-10-29(22-34)41-25-39-37-15-3-6-18-44(37)53-46(39)27-50-41;/h1-20,23-27H;/q-2;+2. The molecule has 4 heterocycles. The Morgan fingerprint density at radius 3 is 1.54 bits per heavy atom. The third kappa shape index (κ3) is 5.83. The van der Waals surface area contributed by atoms with Gasteiger partial charge in [0.05, 0.1) is 18.1 Å². The van der Waals surface area contributed by atoms with Crippen molar-refractivity contribution in [2.75, 3.05) is 4.90 Å². The quantitative estimate of drug-likeness (QED) is 0.156. The average molecular weight is 885 g/mol. The second kappa shape index (κ2) is 13.5. The van der Waals surface area contributed by atoms with E-state index in [1.54, 1.807) is 12.4 Å². The first-order chi connectivity index (χ1) is 26.1. The molecular weight excluding hydrogens is 860 g/mol. The summed E-state index contributed by atoms with van der Waals surface area (Å²) in [4.78, 5) is 11.5. The van der Waals surface area contributed by atoms with Crippen molar-refractivity contribution < 1.29 is 38.7 Å². The van der Waals surface area contributed by atoms with Gasteiger partial charge in [-0.1, -0.05) is 66.7 Å². The van der Waals surface area contributed by atoms with E-state index in [9.17, 15) is 8.78 Å². The normalized spacial score (nSPS) is 11.4. The summed E-state index contributed by atoms with van der Waals surface area (Å²) in [5.74, 6) is -1.32. The number of furan rings is 2. The first-order valence-corrected chi connectivity index (χ1v) is 17.0. The number of benzene rings is 6. The SMILES string of the molecule is Fc1cc(F)cc(-c2ccccc2N(c2[c-]c(-c3cc4c(cn3)oc3ccccc34)ccc2)c2[c-]c(-c3cc4c(cn3)oc3ccccc34)ccc2)c1.[Pt+2]. The van der Waals surface area contributed by atoms with E-state index in [1.807, 2.05) is 126 Å². The Labute approximate surface area is 322 Å². The third-order valence-corrected chi connectivity index (χ3v) is 9.44. The van der Waals surface area contributed by atoms with Gasteiger partial charge in [-0.2, -0.15) is 0 Å². The fourth-order valence-electron chi connectivity index (χ4n) is 7.04. The molecule has 4 aromatic heterocycles. The van der Waals surface area contributed by atoms with Crippen molar-refractivity contribution in [3.8, 4) is 33.6 Å². The van der Waals surface area contributed by atoms with Gasteiger partial charge in [-0.25, -0.2) is 8.78 Å². The predicted molar refractivity (Wildman–Crippen MR) is 205 cm³/mol. The minimum absolute atomic E-state index is 0. The molecule has 0 fully saturated rings. The van der Waals surface area contributed by atoms with E-state index >= 15 is 0 Å². The van der Waals surface area contributed by atoms with Crippen LogP contribution in [0.3, 0.4) is 0 Å². The predicted octanol–water partition coefficient (Wildman–Crippen LogP) is 12.6. The van der Waals surface area contributed by atoms with E-state index < -0.39 is 11.6 Å². The first-order valence-electron chi connectivity index (χ1n) is 17.0. The molecular formula is C46H25F2N3O2Pt. The maximum Gasteiger partial charge on any atom is 2.00 e. The van der Waals surface area contributed by atoms with Crippen LogP contribution >= 0.6 is 0 Å². The van der Waals surface area contributed by atoms with Gasteiger partial charge < -0.3 is 23.7 Å². The van der Waals surface area contributed by atoms with E-state index in [1.165, 1.54) is 12.1 Å². The molecule has 0 saturated heterocycles. The van der Waals surface area contributed by atoms with Crippen LogP contribution in [0.5, 0.6) is 0 Å². The summed E-state index contributed by atoms with van der Waals surface area (Å²) in [5, 5.41) is 3.91. The Kier molecular flexibility index (Phi) is 8.36. The monoisotopic (exact) mass is 884 g/mol. The number of nitrogens with zero attached hydrogens (tertiary/aromatic N) is 3. The Hall–Kier alpha value is -6.43. The number of anilines is 3. The zero-order valence-corrected chi connectivity index (χ0v) is 30.4. The molecule has 10 rings (SSSR count). The second-order valence-corrected chi connectivity index (χ2v) is 12.7. The van der Waals surface area contributed by atoms with Crippen molar-refractivity contribution in [1.29, 1.82) is 0 Å². The zero-order valence-electron chi connectivity index (χ0n) is 28.2. The van der Waals surface area contributed by atoms with Crippen LogP contribution in [0.4, 0.5) is 25.8 Å². The fraction of sp³-hybridized carbons (Fsp3) is 0. The van der Waals surface area contributed by atoms with Crippen molar-refractivity contribution in [2.45, 2.75) is 0 Å². The van der Waals surface area contributed by atoms with Gasteiger partial charge in [0.2, 0.25) is 0 Å². The Balaban J connectivity index is 0.00000384. The molecule has 0 aliphatic heterocycles. The molecule has 5 nitrogen and oxygen atoms in total. The van der Waals surface area contributed by atoms with Gasteiger partial charge in [-0.3, -0.25) is 0 Å². The third-order valence-electron chi connectivity index (χ3n) is 9.44. The maximum absolute atomic E-state index is 14.7. The number of para-hydroxylation sites is 3. The summed E-state index contributed by atoms with van der Waals surface area (Å²) >= 11 is 0. The Morgan fingerprint density at radius 1 is 0.481 bits per heavy atom. The second-order valence-electron chi connectivity index (χ2n) is 12.7. The van der Waals surface area contributed by atoms with Crippen LogP contribution in [0.1, 0.15) is 0 Å². The summed E-state index contributed by atoms with van der Waals surface area (Å²) in [6.07, 6.45) is 3.47. The maximum atomic E-state index is 14.7. The number of pyridine rings is 2. The van der Waals surface area contributed by atoms with Gasteiger partial charge in [0, 0.05) is 33.2 Å². The van der Waals surface area contributed by atoms with Crippen molar-refractivity contribution in [3.63, 3.8) is 0 Å². The molecule has 54 heavy (non-hydrogen) atoms. The van der Waals surface area contributed by atoms with Crippen molar-refractivity contribution >= 4 is 60.9 Å². The van der Waals surface area contributed by atoms with Gasteiger partial charge in [0.1, 0.15) is 22.8 Å². The van der Waals surface area contributed by atoms with Gasteiger partial charge in [0.25, 0.3) is 0 Å². The van der Waals surface area contributed by atoms with Crippen LogP contribution in [0, 0.1) is 23.8 Å². The van der Waals surface area contributed by atoms with Crippen LogP contribution in [-0.4, -0.2) is 9.97 Å². The van der Waals surface area contributed by atoms with Gasteiger partial charge in [-0.05, 0) is 58.7 Å². The van der Waals surface area contributed by atoms with Crippen LogP contribution in [0.25, 0.3) is 77.5 Å². The summed E-state index contributed by atoms with van der Waals surface area (Å²) in [7, 11) is 0. The molecule has 0 radical (unpaired) electrons. The molecule has 0 N–H and O–H groups in total. The number of hydrogen-bond acceptors (Lipinski definition) is 5. The number of halogens is 2. The molecule has 0 unspecified atom stereocenters. The van der Waals surface area contributed by atoms with Crippen molar-refractivity contribution in [2.24, 2.45) is 0 Å². The largest absolute Gasteiger partial charge is 2.00 e. The molecule has 0 spiro atoms. The van der Waals surface area contributed by atoms with Crippen molar-refractivity contribution in [1.82, 2.24) is 9.97 Å². The van der Waals surface area contributed by atoms with E-state index in [-0.39, 0.29) is 21.1 Å². The molecule has 0 bridgehead atoms. The Bertz CT molecular complexity index is 2850. The summed E-state index contributed by atoms with van der Waals surface area (Å²) in [5.41, 5.74) is 8.96. The molecule has 10 aromatic rings. The fourth-order valence-corrected chi connectivity index (χ4v) is 7.04. The van der Waals surface area contributed by atoms with E-state index in [4.69, 9.17) is 18.8 Å². The van der Waals surface area contributed by atoms with E-state index in [0.29, 0.717) is 50.7 Å². The summed E-state index contributed by atoms with van der Waals surface area (Å²) < 4.78 is 41.4. The molecule has 260 valence electrons. The number of aromatic nitrogens is 2. The van der Waals surface area contributed by atoms with E-state index in [2.05, 4.69) is 12.1 Å².